The molecule has 13 heavy (non-hydrogen) atoms. The molecule has 0 amide bonds. The summed E-state index contributed by atoms with van der Waals surface area (Å²) in [6.45, 7) is 0.600. The highest BCUT2D eigenvalue weighted by Gasteiger charge is 2.61. The minimum atomic E-state index is -0.0288. The highest BCUT2D eigenvalue weighted by Crippen LogP contribution is 2.57. The molecule has 1 aliphatic carbocycles. The summed E-state index contributed by atoms with van der Waals surface area (Å²) in [5, 5.41) is 4.09. The third-order valence-electron chi connectivity index (χ3n) is 2.97. The number of ether oxygens (including phenoxy) is 1. The van der Waals surface area contributed by atoms with Crippen LogP contribution in [0.15, 0.2) is 12.4 Å². The largest absolute Gasteiger partial charge is 0.465 e. The monoisotopic (exact) mass is 178 g/mol. The lowest BCUT2D eigenvalue weighted by atomic mass is 10.2. The lowest BCUT2D eigenvalue weighted by Crippen LogP contribution is -2.03. The highest BCUT2D eigenvalue weighted by molar-refractivity contribution is 5.80. The van der Waals surface area contributed by atoms with Gasteiger partial charge in [0.25, 0.3) is 0 Å². The molecule has 4 heteroatoms. The van der Waals surface area contributed by atoms with Crippen LogP contribution in [0.25, 0.3) is 0 Å². The van der Waals surface area contributed by atoms with E-state index in [2.05, 4.69) is 5.10 Å². The Kier molecular flexibility index (Phi) is 1.17. The highest BCUT2D eigenvalue weighted by atomic mass is 16.5. The standard InChI is InChI=1S/C9H10N2O2/c1-11-3-5(2-10-11)7-6-4-13-9(12)8(6)7/h2-3,6-8H,4H2,1H3. The number of carbonyl (C=O) groups excluding carboxylic acids is 1. The molecule has 4 nitrogen and oxygen atoms in total. The van der Waals surface area contributed by atoms with Crippen molar-refractivity contribution in [1.29, 1.82) is 0 Å². The first-order valence-electron chi connectivity index (χ1n) is 4.42. The number of cyclic esters (lactones) is 1. The van der Waals surface area contributed by atoms with Crippen molar-refractivity contribution in [3.05, 3.63) is 18.0 Å². The van der Waals surface area contributed by atoms with Crippen LogP contribution in [0.3, 0.4) is 0 Å². The van der Waals surface area contributed by atoms with E-state index in [1.165, 1.54) is 5.56 Å². The van der Waals surface area contributed by atoms with E-state index in [0.717, 1.165) is 0 Å². The predicted molar refractivity (Wildman–Crippen MR) is 43.9 cm³/mol. The van der Waals surface area contributed by atoms with E-state index in [1.807, 2.05) is 19.4 Å². The molecule has 3 rings (SSSR count). The molecule has 68 valence electrons. The van der Waals surface area contributed by atoms with Gasteiger partial charge in [-0.2, -0.15) is 5.10 Å². The second-order valence-electron chi connectivity index (χ2n) is 3.79. The van der Waals surface area contributed by atoms with Gasteiger partial charge in [-0.1, -0.05) is 0 Å². The maximum absolute atomic E-state index is 11.2. The Morgan fingerprint density at radius 3 is 3.00 bits per heavy atom. The van der Waals surface area contributed by atoms with E-state index in [1.54, 1.807) is 4.68 Å². The van der Waals surface area contributed by atoms with Crippen molar-refractivity contribution in [2.45, 2.75) is 5.92 Å². The summed E-state index contributed by atoms with van der Waals surface area (Å²) < 4.78 is 6.68. The van der Waals surface area contributed by atoms with Gasteiger partial charge >= 0.3 is 5.97 Å². The molecule has 3 atom stereocenters. The van der Waals surface area contributed by atoms with Gasteiger partial charge in [0, 0.05) is 25.1 Å². The number of aryl methyl sites for hydroxylation is 1. The number of hydrogen-bond donors (Lipinski definition) is 0. The van der Waals surface area contributed by atoms with Crippen molar-refractivity contribution < 1.29 is 9.53 Å². The van der Waals surface area contributed by atoms with Crippen LogP contribution in [0.1, 0.15) is 11.5 Å². The average molecular weight is 178 g/mol. The van der Waals surface area contributed by atoms with E-state index >= 15 is 0 Å². The molecular weight excluding hydrogens is 168 g/mol. The topological polar surface area (TPSA) is 44.1 Å². The molecule has 2 fully saturated rings. The summed E-state index contributed by atoms with van der Waals surface area (Å²) in [5.74, 6) is 0.912. The number of fused-ring (bicyclic) bond motifs is 1. The minimum absolute atomic E-state index is 0.0288. The molecule has 1 saturated heterocycles. The molecule has 0 N–H and O–H groups in total. The molecule has 1 aromatic heterocycles. The number of esters is 1. The Bertz CT molecular complexity index is 371. The zero-order valence-electron chi connectivity index (χ0n) is 7.30. The smallest absolute Gasteiger partial charge is 0.310 e. The van der Waals surface area contributed by atoms with Crippen LogP contribution in [0.2, 0.25) is 0 Å². The van der Waals surface area contributed by atoms with Gasteiger partial charge in [0.1, 0.15) is 0 Å². The Labute approximate surface area is 75.5 Å². The van der Waals surface area contributed by atoms with Crippen molar-refractivity contribution >= 4 is 5.97 Å². The van der Waals surface area contributed by atoms with Gasteiger partial charge in [-0.25, -0.2) is 0 Å². The van der Waals surface area contributed by atoms with E-state index in [9.17, 15) is 4.79 Å². The summed E-state index contributed by atoms with van der Waals surface area (Å²) in [6, 6.07) is 0. The van der Waals surface area contributed by atoms with Crippen LogP contribution >= 0.6 is 0 Å². The van der Waals surface area contributed by atoms with Crippen LogP contribution in [0.5, 0.6) is 0 Å². The van der Waals surface area contributed by atoms with Gasteiger partial charge in [0.15, 0.2) is 0 Å². The van der Waals surface area contributed by atoms with Crippen molar-refractivity contribution in [2.75, 3.05) is 6.61 Å². The van der Waals surface area contributed by atoms with Gasteiger partial charge in [-0.05, 0) is 5.56 Å². The van der Waals surface area contributed by atoms with Crippen LogP contribution in [0, 0.1) is 11.8 Å². The van der Waals surface area contributed by atoms with Crippen molar-refractivity contribution in [2.24, 2.45) is 18.9 Å². The number of rotatable bonds is 1. The minimum Gasteiger partial charge on any atom is -0.465 e. The first-order valence-corrected chi connectivity index (χ1v) is 4.42. The molecule has 0 spiro atoms. The van der Waals surface area contributed by atoms with Gasteiger partial charge < -0.3 is 4.74 Å². The quantitative estimate of drug-likeness (QED) is 0.581. The zero-order valence-corrected chi connectivity index (χ0v) is 7.30. The Balaban J connectivity index is 1.87. The maximum Gasteiger partial charge on any atom is 0.310 e. The normalized spacial score (nSPS) is 35.8. The van der Waals surface area contributed by atoms with Crippen molar-refractivity contribution in [3.63, 3.8) is 0 Å². The second-order valence-corrected chi connectivity index (χ2v) is 3.79. The number of nitrogens with zero attached hydrogens (tertiary/aromatic N) is 2. The predicted octanol–water partition coefficient (Wildman–Crippen LogP) is 0.306. The van der Waals surface area contributed by atoms with E-state index in [0.29, 0.717) is 18.4 Å². The second kappa shape index (κ2) is 2.13. The van der Waals surface area contributed by atoms with Crippen LogP contribution < -0.4 is 0 Å². The fourth-order valence-electron chi connectivity index (χ4n) is 2.24. The summed E-state index contributed by atoms with van der Waals surface area (Å²) >= 11 is 0. The van der Waals surface area contributed by atoms with E-state index in [4.69, 9.17) is 4.74 Å². The van der Waals surface area contributed by atoms with Crippen molar-refractivity contribution in [1.82, 2.24) is 9.78 Å². The molecule has 2 aliphatic rings. The number of aromatic nitrogens is 2. The third kappa shape index (κ3) is 0.855. The summed E-state index contributed by atoms with van der Waals surface area (Å²) in [5.41, 5.74) is 1.18. The Hall–Kier alpha value is -1.32. The van der Waals surface area contributed by atoms with Gasteiger partial charge in [0.05, 0.1) is 18.7 Å². The SMILES string of the molecule is Cn1cc(C2C3COC(=O)C32)cn1. The fraction of sp³-hybridized carbons (Fsp3) is 0.556. The van der Waals surface area contributed by atoms with E-state index < -0.39 is 0 Å². The third-order valence-corrected chi connectivity index (χ3v) is 2.97. The van der Waals surface area contributed by atoms with Crippen molar-refractivity contribution in [3.8, 4) is 0 Å². The molecular formula is C9H10N2O2. The molecule has 1 saturated carbocycles. The number of hydrogen-bond acceptors (Lipinski definition) is 3. The first-order chi connectivity index (χ1) is 6.27. The van der Waals surface area contributed by atoms with Gasteiger partial charge in [-0.15, -0.1) is 0 Å². The molecule has 1 aromatic rings. The van der Waals surface area contributed by atoms with Gasteiger partial charge in [-0.3, -0.25) is 9.48 Å². The molecule has 0 radical (unpaired) electrons. The zero-order chi connectivity index (χ0) is 9.00. The summed E-state index contributed by atoms with van der Waals surface area (Å²) in [4.78, 5) is 11.2. The summed E-state index contributed by atoms with van der Waals surface area (Å²) in [6.07, 6.45) is 3.83. The maximum atomic E-state index is 11.2. The lowest BCUT2D eigenvalue weighted by molar-refractivity contribution is -0.141. The van der Waals surface area contributed by atoms with Crippen LogP contribution in [-0.4, -0.2) is 22.4 Å². The molecule has 0 aromatic carbocycles. The van der Waals surface area contributed by atoms with E-state index in [-0.39, 0.29) is 11.9 Å². The first kappa shape index (κ1) is 7.12. The Morgan fingerprint density at radius 1 is 1.62 bits per heavy atom. The molecule has 2 heterocycles. The molecule has 0 bridgehead atoms. The van der Waals surface area contributed by atoms with Gasteiger partial charge in [0.2, 0.25) is 0 Å². The number of carbonyl (C=O) groups is 1. The van der Waals surface area contributed by atoms with Crippen LogP contribution in [-0.2, 0) is 16.6 Å². The Morgan fingerprint density at radius 2 is 2.46 bits per heavy atom. The molecule has 1 aliphatic heterocycles. The lowest BCUT2D eigenvalue weighted by Gasteiger charge is -1.99. The van der Waals surface area contributed by atoms with Crippen LogP contribution in [0.4, 0.5) is 0 Å². The summed E-state index contributed by atoms with van der Waals surface area (Å²) in [7, 11) is 1.89. The average Bonchev–Trinajstić information content (AvgIpc) is 2.45. The fourth-order valence-corrected chi connectivity index (χ4v) is 2.24. The molecule has 3 unspecified atom stereocenters.